The highest BCUT2D eigenvalue weighted by atomic mass is 35.5. The minimum absolute atomic E-state index is 0. The van der Waals surface area contributed by atoms with Gasteiger partial charge in [-0.3, -0.25) is 4.79 Å². The Kier molecular flexibility index (Phi) is 6.30. The minimum Gasteiger partial charge on any atom is -0.450 e. The van der Waals surface area contributed by atoms with E-state index < -0.39 is 0 Å². The van der Waals surface area contributed by atoms with E-state index in [4.69, 9.17) is 10.5 Å². The van der Waals surface area contributed by atoms with Crippen molar-refractivity contribution in [2.45, 2.75) is 6.92 Å². The molecule has 0 unspecified atom stereocenters. The molecular formula is C14H20ClN3O3. The van der Waals surface area contributed by atoms with Crippen LogP contribution in [0.2, 0.25) is 0 Å². The number of benzene rings is 1. The molecule has 2 rings (SSSR count). The number of carbonyl (C=O) groups excluding carboxylic acids is 2. The van der Waals surface area contributed by atoms with E-state index in [0.29, 0.717) is 44.0 Å². The second kappa shape index (κ2) is 7.73. The lowest BCUT2D eigenvalue weighted by Gasteiger charge is -2.34. The number of para-hydroxylation sites is 1. The molecule has 7 heteroatoms. The second-order valence-corrected chi connectivity index (χ2v) is 4.57. The predicted molar refractivity (Wildman–Crippen MR) is 82.6 cm³/mol. The Labute approximate surface area is 130 Å². The molecule has 1 aliphatic heterocycles. The molecule has 1 heterocycles. The highest BCUT2D eigenvalue weighted by Gasteiger charge is 2.26. The fraction of sp³-hybridized carbons (Fsp3) is 0.429. The Morgan fingerprint density at radius 1 is 1.14 bits per heavy atom. The third kappa shape index (κ3) is 4.01. The van der Waals surface area contributed by atoms with Crippen LogP contribution in [0.15, 0.2) is 24.3 Å². The van der Waals surface area contributed by atoms with Crippen LogP contribution < -0.4 is 5.73 Å². The monoisotopic (exact) mass is 313 g/mol. The Morgan fingerprint density at radius 2 is 1.71 bits per heavy atom. The third-order valence-corrected chi connectivity index (χ3v) is 3.28. The standard InChI is InChI=1S/C14H19N3O3.ClH/c1-2-20-14(19)17-9-7-16(8-10-17)13(18)11-5-3-4-6-12(11)15;/h3-6H,2,7-10,15H2,1H3;1H. The molecule has 0 saturated carbocycles. The van der Waals surface area contributed by atoms with E-state index in [2.05, 4.69) is 0 Å². The molecule has 2 N–H and O–H groups in total. The topological polar surface area (TPSA) is 75.9 Å². The molecule has 2 amide bonds. The van der Waals surface area contributed by atoms with Gasteiger partial charge in [0.05, 0.1) is 12.2 Å². The molecule has 0 atom stereocenters. The number of hydrogen-bond acceptors (Lipinski definition) is 4. The Morgan fingerprint density at radius 3 is 2.29 bits per heavy atom. The van der Waals surface area contributed by atoms with Gasteiger partial charge in [0, 0.05) is 31.9 Å². The average molecular weight is 314 g/mol. The van der Waals surface area contributed by atoms with Gasteiger partial charge in [-0.1, -0.05) is 12.1 Å². The van der Waals surface area contributed by atoms with Crippen LogP contribution in [0.4, 0.5) is 10.5 Å². The number of nitrogens with zero attached hydrogens (tertiary/aromatic N) is 2. The van der Waals surface area contributed by atoms with Gasteiger partial charge in [-0.25, -0.2) is 4.79 Å². The Hall–Kier alpha value is -1.95. The quantitative estimate of drug-likeness (QED) is 0.842. The molecule has 116 valence electrons. The van der Waals surface area contributed by atoms with Crippen molar-refractivity contribution in [3.63, 3.8) is 0 Å². The first-order valence-electron chi connectivity index (χ1n) is 6.69. The van der Waals surface area contributed by atoms with E-state index in [9.17, 15) is 9.59 Å². The highest BCUT2D eigenvalue weighted by molar-refractivity contribution is 5.99. The van der Waals surface area contributed by atoms with Gasteiger partial charge in [-0.05, 0) is 19.1 Å². The molecule has 0 bridgehead atoms. The highest BCUT2D eigenvalue weighted by Crippen LogP contribution is 2.15. The summed E-state index contributed by atoms with van der Waals surface area (Å²) in [5.74, 6) is -0.0911. The van der Waals surface area contributed by atoms with Crippen molar-refractivity contribution in [2.24, 2.45) is 0 Å². The van der Waals surface area contributed by atoms with Crippen LogP contribution in [0.1, 0.15) is 17.3 Å². The van der Waals surface area contributed by atoms with Gasteiger partial charge in [0.1, 0.15) is 0 Å². The summed E-state index contributed by atoms with van der Waals surface area (Å²) in [7, 11) is 0. The first kappa shape index (κ1) is 17.1. The summed E-state index contributed by atoms with van der Waals surface area (Å²) in [4.78, 5) is 27.2. The predicted octanol–water partition coefficient (Wildman–Crippen LogP) is 1.60. The number of rotatable bonds is 2. The molecule has 1 aromatic rings. The van der Waals surface area contributed by atoms with Crippen LogP contribution in [0, 0.1) is 0 Å². The molecule has 0 aliphatic carbocycles. The first-order chi connectivity index (χ1) is 9.63. The van der Waals surface area contributed by atoms with Crippen LogP contribution in [-0.4, -0.2) is 54.6 Å². The van der Waals surface area contributed by atoms with Crippen LogP contribution in [-0.2, 0) is 4.74 Å². The lowest BCUT2D eigenvalue weighted by molar-refractivity contribution is 0.0571. The fourth-order valence-electron chi connectivity index (χ4n) is 2.17. The van der Waals surface area contributed by atoms with Gasteiger partial charge in [-0.15, -0.1) is 12.4 Å². The number of piperazine rings is 1. The van der Waals surface area contributed by atoms with E-state index in [-0.39, 0.29) is 24.4 Å². The molecule has 0 spiro atoms. The van der Waals surface area contributed by atoms with E-state index in [1.807, 2.05) is 0 Å². The number of halogens is 1. The summed E-state index contributed by atoms with van der Waals surface area (Å²) in [6.45, 7) is 4.08. The molecule has 1 saturated heterocycles. The first-order valence-corrected chi connectivity index (χ1v) is 6.69. The Bertz CT molecular complexity index is 502. The van der Waals surface area contributed by atoms with Crippen LogP contribution >= 0.6 is 12.4 Å². The zero-order valence-corrected chi connectivity index (χ0v) is 12.8. The number of hydrogen-bond donors (Lipinski definition) is 1. The Balaban J connectivity index is 0.00000220. The number of nitrogens with two attached hydrogens (primary N) is 1. The maximum atomic E-state index is 12.3. The van der Waals surface area contributed by atoms with Crippen molar-refractivity contribution in [3.05, 3.63) is 29.8 Å². The summed E-state index contributed by atoms with van der Waals surface area (Å²) in [5.41, 5.74) is 6.80. The lowest BCUT2D eigenvalue weighted by Crippen LogP contribution is -2.50. The van der Waals surface area contributed by atoms with Crippen molar-refractivity contribution >= 4 is 30.1 Å². The average Bonchev–Trinajstić information content (AvgIpc) is 2.47. The summed E-state index contributed by atoms with van der Waals surface area (Å²) < 4.78 is 4.94. The number of carbonyl (C=O) groups is 2. The SMILES string of the molecule is CCOC(=O)N1CCN(C(=O)c2ccccc2N)CC1.Cl. The number of nitrogen functional groups attached to an aromatic ring is 1. The molecule has 0 aromatic heterocycles. The van der Waals surface area contributed by atoms with Gasteiger partial charge < -0.3 is 20.3 Å². The third-order valence-electron chi connectivity index (χ3n) is 3.28. The molecule has 6 nitrogen and oxygen atoms in total. The van der Waals surface area contributed by atoms with E-state index in [0.717, 1.165) is 0 Å². The van der Waals surface area contributed by atoms with Crippen molar-refractivity contribution in [2.75, 3.05) is 38.5 Å². The van der Waals surface area contributed by atoms with Gasteiger partial charge >= 0.3 is 6.09 Å². The normalized spacial score (nSPS) is 14.3. The molecule has 1 fully saturated rings. The summed E-state index contributed by atoms with van der Waals surface area (Å²) in [5, 5.41) is 0. The van der Waals surface area contributed by atoms with Crippen molar-refractivity contribution in [1.82, 2.24) is 9.80 Å². The zero-order valence-electron chi connectivity index (χ0n) is 11.9. The molecule has 1 aliphatic rings. The lowest BCUT2D eigenvalue weighted by atomic mass is 10.1. The van der Waals surface area contributed by atoms with Gasteiger partial charge in [0.2, 0.25) is 0 Å². The van der Waals surface area contributed by atoms with Crippen molar-refractivity contribution in [3.8, 4) is 0 Å². The number of amides is 2. The maximum Gasteiger partial charge on any atom is 0.409 e. The molecule has 1 aromatic carbocycles. The molecule has 0 radical (unpaired) electrons. The van der Waals surface area contributed by atoms with E-state index >= 15 is 0 Å². The van der Waals surface area contributed by atoms with E-state index in [1.54, 1.807) is 41.0 Å². The smallest absolute Gasteiger partial charge is 0.409 e. The van der Waals surface area contributed by atoms with Gasteiger partial charge in [0.15, 0.2) is 0 Å². The van der Waals surface area contributed by atoms with Crippen LogP contribution in [0.3, 0.4) is 0 Å². The van der Waals surface area contributed by atoms with Crippen LogP contribution in [0.25, 0.3) is 0 Å². The minimum atomic E-state index is -0.321. The van der Waals surface area contributed by atoms with Crippen LogP contribution in [0.5, 0.6) is 0 Å². The van der Waals surface area contributed by atoms with Crippen molar-refractivity contribution in [1.29, 1.82) is 0 Å². The summed E-state index contributed by atoms with van der Waals surface area (Å²) in [6.07, 6.45) is -0.321. The number of ether oxygens (including phenoxy) is 1. The molecule has 21 heavy (non-hydrogen) atoms. The van der Waals surface area contributed by atoms with Gasteiger partial charge in [0.25, 0.3) is 5.91 Å². The fourth-order valence-corrected chi connectivity index (χ4v) is 2.17. The maximum absolute atomic E-state index is 12.3. The molecular weight excluding hydrogens is 294 g/mol. The number of anilines is 1. The van der Waals surface area contributed by atoms with Crippen molar-refractivity contribution < 1.29 is 14.3 Å². The zero-order chi connectivity index (χ0) is 14.5. The second-order valence-electron chi connectivity index (χ2n) is 4.57. The largest absolute Gasteiger partial charge is 0.450 e. The summed E-state index contributed by atoms with van der Waals surface area (Å²) >= 11 is 0. The van der Waals surface area contributed by atoms with Gasteiger partial charge in [-0.2, -0.15) is 0 Å². The summed E-state index contributed by atoms with van der Waals surface area (Å²) in [6, 6.07) is 7.01. The van der Waals surface area contributed by atoms with E-state index in [1.165, 1.54) is 0 Å².